The summed E-state index contributed by atoms with van der Waals surface area (Å²) in [5, 5.41) is 0. The minimum atomic E-state index is -3.72. The van der Waals surface area contributed by atoms with Crippen molar-refractivity contribution in [3.05, 3.63) is 58.6 Å². The largest absolute Gasteiger partial charge is 0.311 e. The summed E-state index contributed by atoms with van der Waals surface area (Å²) in [6.07, 6.45) is 0.447. The minimum absolute atomic E-state index is 0.146. The van der Waals surface area contributed by atoms with Crippen LogP contribution in [0.2, 0.25) is 0 Å². The van der Waals surface area contributed by atoms with Gasteiger partial charge in [0.1, 0.15) is 6.04 Å². The van der Waals surface area contributed by atoms with E-state index in [0.29, 0.717) is 13.0 Å². The first kappa shape index (κ1) is 17.1. The summed E-state index contributed by atoms with van der Waals surface area (Å²) in [5.74, 6) is -0.223. The van der Waals surface area contributed by atoms with E-state index in [2.05, 4.69) is 20.7 Å². The van der Waals surface area contributed by atoms with Gasteiger partial charge in [0.2, 0.25) is 15.9 Å². The molecule has 0 spiro atoms. The molecular formula is C17H17BrN2O3S. The third-order valence-corrected chi connectivity index (χ3v) is 5.99. The van der Waals surface area contributed by atoms with Crippen molar-refractivity contribution in [3.63, 3.8) is 0 Å². The normalized spacial score (nSPS) is 18.2. The van der Waals surface area contributed by atoms with E-state index in [4.69, 9.17) is 0 Å². The Hall–Kier alpha value is -1.70. The molecule has 5 nitrogen and oxygen atoms in total. The van der Waals surface area contributed by atoms with Crippen molar-refractivity contribution in [3.8, 4) is 0 Å². The Kier molecular flexibility index (Phi) is 4.76. The molecule has 0 unspecified atom stereocenters. The van der Waals surface area contributed by atoms with Crippen LogP contribution in [0, 0.1) is 6.92 Å². The Bertz CT molecular complexity index is 848. The van der Waals surface area contributed by atoms with Crippen molar-refractivity contribution in [1.29, 1.82) is 0 Å². The van der Waals surface area contributed by atoms with E-state index >= 15 is 0 Å². The number of hydrogen-bond donors (Lipinski definition) is 1. The zero-order valence-electron chi connectivity index (χ0n) is 13.1. The van der Waals surface area contributed by atoms with E-state index in [1.165, 1.54) is 12.1 Å². The summed E-state index contributed by atoms with van der Waals surface area (Å²) in [6, 6.07) is 13.2. The van der Waals surface area contributed by atoms with Crippen LogP contribution < -0.4 is 9.62 Å². The van der Waals surface area contributed by atoms with E-state index in [1.807, 2.05) is 31.2 Å². The molecule has 0 radical (unpaired) electrons. The van der Waals surface area contributed by atoms with Crippen LogP contribution in [0.15, 0.2) is 57.9 Å². The van der Waals surface area contributed by atoms with Gasteiger partial charge in [-0.15, -0.1) is 0 Å². The number of rotatable bonds is 4. The second kappa shape index (κ2) is 6.66. The standard InChI is InChI=1S/C17H17BrN2O3S/c1-12-2-6-14(7-3-12)20-11-10-16(17(20)21)19-24(22,23)15-8-4-13(18)5-9-15/h2-9,16,19H,10-11H2,1H3/t16-/m1/s1. The molecule has 0 aromatic heterocycles. The number of halogens is 1. The van der Waals surface area contributed by atoms with Gasteiger partial charge in [-0.25, -0.2) is 8.42 Å². The van der Waals surface area contributed by atoms with Gasteiger partial charge in [-0.1, -0.05) is 33.6 Å². The number of nitrogens with one attached hydrogen (secondary N) is 1. The fourth-order valence-corrected chi connectivity index (χ4v) is 4.13. The molecule has 1 fully saturated rings. The number of hydrogen-bond acceptors (Lipinski definition) is 3. The molecule has 0 aliphatic carbocycles. The van der Waals surface area contributed by atoms with Gasteiger partial charge in [-0.2, -0.15) is 4.72 Å². The molecule has 7 heteroatoms. The third kappa shape index (κ3) is 3.53. The summed E-state index contributed by atoms with van der Waals surface area (Å²) in [4.78, 5) is 14.3. The number of aryl methyl sites for hydroxylation is 1. The maximum absolute atomic E-state index is 12.5. The molecule has 1 atom stereocenters. The van der Waals surface area contributed by atoms with Gasteiger partial charge in [0, 0.05) is 16.7 Å². The Morgan fingerprint density at radius 3 is 2.33 bits per heavy atom. The number of carbonyl (C=O) groups is 1. The lowest BCUT2D eigenvalue weighted by molar-refractivity contribution is -0.118. The molecule has 3 rings (SSSR count). The van der Waals surface area contributed by atoms with Crippen molar-refractivity contribution in [2.24, 2.45) is 0 Å². The van der Waals surface area contributed by atoms with Crippen LogP contribution in [0.5, 0.6) is 0 Å². The zero-order chi connectivity index (χ0) is 17.3. The van der Waals surface area contributed by atoms with Gasteiger partial charge in [0.15, 0.2) is 0 Å². The van der Waals surface area contributed by atoms with Crippen molar-refractivity contribution >= 4 is 37.5 Å². The lowest BCUT2D eigenvalue weighted by Gasteiger charge is -2.17. The van der Waals surface area contributed by atoms with E-state index in [0.717, 1.165) is 15.7 Å². The van der Waals surface area contributed by atoms with Gasteiger partial charge in [0.05, 0.1) is 4.90 Å². The molecule has 1 aliphatic heterocycles. The van der Waals surface area contributed by atoms with E-state index in [9.17, 15) is 13.2 Å². The second-order valence-corrected chi connectivity index (χ2v) is 8.37. The SMILES string of the molecule is Cc1ccc(N2CC[C@@H](NS(=O)(=O)c3ccc(Br)cc3)C2=O)cc1. The molecular weight excluding hydrogens is 392 g/mol. The van der Waals surface area contributed by atoms with E-state index in [-0.39, 0.29) is 10.8 Å². The second-order valence-electron chi connectivity index (χ2n) is 5.74. The van der Waals surface area contributed by atoms with Crippen molar-refractivity contribution in [1.82, 2.24) is 4.72 Å². The predicted molar refractivity (Wildman–Crippen MR) is 96.4 cm³/mol. The quantitative estimate of drug-likeness (QED) is 0.845. The maximum Gasteiger partial charge on any atom is 0.245 e. The molecule has 126 valence electrons. The molecule has 24 heavy (non-hydrogen) atoms. The molecule has 0 saturated carbocycles. The number of anilines is 1. The third-order valence-electron chi connectivity index (χ3n) is 3.97. The van der Waals surface area contributed by atoms with Crippen LogP contribution >= 0.6 is 15.9 Å². The number of sulfonamides is 1. The van der Waals surface area contributed by atoms with Crippen LogP contribution in [0.4, 0.5) is 5.69 Å². The molecule has 1 saturated heterocycles. The summed E-state index contributed by atoms with van der Waals surface area (Å²) >= 11 is 3.27. The Morgan fingerprint density at radius 2 is 1.71 bits per heavy atom. The van der Waals surface area contributed by atoms with Gasteiger partial charge in [0.25, 0.3) is 0 Å². The fraction of sp³-hybridized carbons (Fsp3) is 0.235. The summed E-state index contributed by atoms with van der Waals surface area (Å²) in [6.45, 7) is 2.47. The fourth-order valence-electron chi connectivity index (χ4n) is 2.64. The highest BCUT2D eigenvalue weighted by Crippen LogP contribution is 2.23. The van der Waals surface area contributed by atoms with Crippen LogP contribution in [0.3, 0.4) is 0 Å². The lowest BCUT2D eigenvalue weighted by Crippen LogP contribution is -2.41. The average Bonchev–Trinajstić information content (AvgIpc) is 2.89. The summed E-state index contributed by atoms with van der Waals surface area (Å²) < 4.78 is 28.2. The van der Waals surface area contributed by atoms with Gasteiger partial charge < -0.3 is 4.90 Å². The topological polar surface area (TPSA) is 66.5 Å². The van der Waals surface area contributed by atoms with Crippen molar-refractivity contribution in [2.75, 3.05) is 11.4 Å². The average molecular weight is 409 g/mol. The van der Waals surface area contributed by atoms with Gasteiger partial charge >= 0.3 is 0 Å². The first-order valence-corrected chi connectivity index (χ1v) is 9.80. The summed E-state index contributed by atoms with van der Waals surface area (Å²) in [7, 11) is -3.72. The van der Waals surface area contributed by atoms with E-state index < -0.39 is 16.1 Å². The molecule has 1 N–H and O–H groups in total. The number of benzene rings is 2. The van der Waals surface area contributed by atoms with Crippen LogP contribution in [-0.2, 0) is 14.8 Å². The van der Waals surface area contributed by atoms with Gasteiger partial charge in [-0.05, 0) is 49.7 Å². The highest BCUT2D eigenvalue weighted by Gasteiger charge is 2.35. The van der Waals surface area contributed by atoms with Crippen LogP contribution in [0.1, 0.15) is 12.0 Å². The Balaban J connectivity index is 1.76. The van der Waals surface area contributed by atoms with Crippen LogP contribution in [-0.4, -0.2) is 26.9 Å². The summed E-state index contributed by atoms with van der Waals surface area (Å²) in [5.41, 5.74) is 1.90. The number of carbonyl (C=O) groups excluding carboxylic acids is 1. The Morgan fingerprint density at radius 1 is 1.08 bits per heavy atom. The minimum Gasteiger partial charge on any atom is -0.311 e. The molecule has 1 aliphatic rings. The zero-order valence-corrected chi connectivity index (χ0v) is 15.5. The van der Waals surface area contributed by atoms with Gasteiger partial charge in [-0.3, -0.25) is 4.79 Å². The lowest BCUT2D eigenvalue weighted by atomic mass is 10.2. The first-order chi connectivity index (χ1) is 11.4. The Labute approximate surface area is 149 Å². The number of nitrogens with zero attached hydrogens (tertiary/aromatic N) is 1. The number of amides is 1. The highest BCUT2D eigenvalue weighted by molar-refractivity contribution is 9.10. The van der Waals surface area contributed by atoms with Crippen molar-refractivity contribution < 1.29 is 13.2 Å². The first-order valence-electron chi connectivity index (χ1n) is 7.53. The maximum atomic E-state index is 12.5. The molecule has 1 heterocycles. The molecule has 2 aromatic carbocycles. The molecule has 0 bridgehead atoms. The monoisotopic (exact) mass is 408 g/mol. The molecule has 1 amide bonds. The van der Waals surface area contributed by atoms with E-state index in [1.54, 1.807) is 17.0 Å². The smallest absolute Gasteiger partial charge is 0.245 e. The van der Waals surface area contributed by atoms with Crippen molar-refractivity contribution in [2.45, 2.75) is 24.3 Å². The predicted octanol–water partition coefficient (Wildman–Crippen LogP) is 2.84. The highest BCUT2D eigenvalue weighted by atomic mass is 79.9. The van der Waals surface area contributed by atoms with Crippen LogP contribution in [0.25, 0.3) is 0 Å². The molecule has 2 aromatic rings.